The zero-order chi connectivity index (χ0) is 15.0. The Morgan fingerprint density at radius 2 is 2.10 bits per heavy atom. The fraction of sp³-hybridized carbons (Fsp3) is 0.429. The standard InChI is InChI=1S/C14H20N2O3S/c1-12(2)11-15-20(18,19)16-14-8-5-7-13(10-14)6-3-4-9-17/h5,7-8,10,12,15-17H,4,9,11H2,1-2H3. The second-order valence-electron chi connectivity index (χ2n) is 4.70. The Bertz CT molecular complexity index is 586. The Balaban J connectivity index is 2.73. The molecule has 0 heterocycles. The van der Waals surface area contributed by atoms with Crippen LogP contribution < -0.4 is 9.44 Å². The molecule has 20 heavy (non-hydrogen) atoms. The van der Waals surface area contributed by atoms with E-state index in [1.165, 1.54) is 0 Å². The topological polar surface area (TPSA) is 78.4 Å². The molecular weight excluding hydrogens is 276 g/mol. The first-order chi connectivity index (χ1) is 9.43. The summed E-state index contributed by atoms with van der Waals surface area (Å²) in [6.45, 7) is 4.25. The van der Waals surface area contributed by atoms with Crippen molar-refractivity contribution in [3.8, 4) is 11.8 Å². The van der Waals surface area contributed by atoms with Crippen molar-refractivity contribution in [1.29, 1.82) is 0 Å². The van der Waals surface area contributed by atoms with Crippen LogP contribution in [0.5, 0.6) is 0 Å². The highest BCUT2D eigenvalue weighted by Crippen LogP contribution is 2.11. The number of anilines is 1. The van der Waals surface area contributed by atoms with Crippen molar-refractivity contribution in [2.45, 2.75) is 20.3 Å². The predicted octanol–water partition coefficient (Wildman–Crippen LogP) is 1.32. The Morgan fingerprint density at radius 3 is 2.75 bits per heavy atom. The maximum Gasteiger partial charge on any atom is 0.299 e. The second-order valence-corrected chi connectivity index (χ2v) is 6.20. The third-order valence-electron chi connectivity index (χ3n) is 2.27. The minimum Gasteiger partial charge on any atom is -0.395 e. The van der Waals surface area contributed by atoms with E-state index in [1.807, 2.05) is 13.8 Å². The zero-order valence-corrected chi connectivity index (χ0v) is 12.5. The molecule has 0 saturated heterocycles. The molecule has 3 N–H and O–H groups in total. The van der Waals surface area contributed by atoms with Gasteiger partial charge in [-0.05, 0) is 24.1 Å². The molecule has 0 spiro atoms. The SMILES string of the molecule is CC(C)CNS(=O)(=O)Nc1cccc(C#CCCO)c1. The quantitative estimate of drug-likeness (QED) is 0.693. The van der Waals surface area contributed by atoms with Crippen molar-refractivity contribution in [3.63, 3.8) is 0 Å². The largest absolute Gasteiger partial charge is 0.395 e. The summed E-state index contributed by atoms with van der Waals surface area (Å²) in [6.07, 6.45) is 0.395. The lowest BCUT2D eigenvalue weighted by Gasteiger charge is -2.11. The van der Waals surface area contributed by atoms with Crippen LogP contribution in [0.3, 0.4) is 0 Å². The van der Waals surface area contributed by atoms with Crippen LogP contribution in [0.15, 0.2) is 24.3 Å². The molecule has 0 aliphatic rings. The van der Waals surface area contributed by atoms with E-state index in [0.717, 1.165) is 0 Å². The summed E-state index contributed by atoms with van der Waals surface area (Å²) >= 11 is 0. The smallest absolute Gasteiger partial charge is 0.299 e. The van der Waals surface area contributed by atoms with Gasteiger partial charge in [0.1, 0.15) is 0 Å². The van der Waals surface area contributed by atoms with E-state index in [-0.39, 0.29) is 12.5 Å². The molecule has 0 aromatic heterocycles. The summed E-state index contributed by atoms with van der Waals surface area (Å²) < 4.78 is 28.5. The van der Waals surface area contributed by atoms with Crippen molar-refractivity contribution in [1.82, 2.24) is 4.72 Å². The number of benzene rings is 1. The number of aliphatic hydroxyl groups excluding tert-OH is 1. The normalized spacial score (nSPS) is 11.0. The first kappa shape index (κ1) is 16.5. The summed E-state index contributed by atoms with van der Waals surface area (Å²) in [6, 6.07) is 6.82. The molecule has 0 fully saturated rings. The fourth-order valence-corrected chi connectivity index (χ4v) is 2.41. The zero-order valence-electron chi connectivity index (χ0n) is 11.7. The van der Waals surface area contributed by atoms with Gasteiger partial charge in [-0.2, -0.15) is 13.1 Å². The highest BCUT2D eigenvalue weighted by atomic mass is 32.2. The van der Waals surface area contributed by atoms with Gasteiger partial charge in [-0.15, -0.1) is 0 Å². The van der Waals surface area contributed by atoms with E-state index in [2.05, 4.69) is 21.3 Å². The average Bonchev–Trinajstić information content (AvgIpc) is 2.37. The van der Waals surface area contributed by atoms with E-state index < -0.39 is 10.2 Å². The first-order valence-corrected chi connectivity index (χ1v) is 7.88. The van der Waals surface area contributed by atoms with Crippen molar-refractivity contribution in [3.05, 3.63) is 29.8 Å². The van der Waals surface area contributed by atoms with Crippen LogP contribution in [-0.2, 0) is 10.2 Å². The molecule has 5 nitrogen and oxygen atoms in total. The Morgan fingerprint density at radius 1 is 1.35 bits per heavy atom. The third kappa shape index (κ3) is 6.57. The van der Waals surface area contributed by atoms with Crippen LogP contribution in [0.1, 0.15) is 25.8 Å². The highest BCUT2D eigenvalue weighted by molar-refractivity contribution is 7.90. The number of aliphatic hydroxyl groups is 1. The van der Waals surface area contributed by atoms with E-state index in [0.29, 0.717) is 24.2 Å². The van der Waals surface area contributed by atoms with Crippen LogP contribution in [0.25, 0.3) is 0 Å². The van der Waals surface area contributed by atoms with Crippen LogP contribution >= 0.6 is 0 Å². The van der Waals surface area contributed by atoms with Crippen molar-refractivity contribution >= 4 is 15.9 Å². The van der Waals surface area contributed by atoms with E-state index in [9.17, 15) is 8.42 Å². The summed E-state index contributed by atoms with van der Waals surface area (Å²) in [7, 11) is -3.56. The number of hydrogen-bond acceptors (Lipinski definition) is 3. The van der Waals surface area contributed by atoms with Gasteiger partial charge >= 0.3 is 0 Å². The van der Waals surface area contributed by atoms with Crippen LogP contribution in [0, 0.1) is 17.8 Å². The van der Waals surface area contributed by atoms with Crippen molar-refractivity contribution in [2.24, 2.45) is 5.92 Å². The minimum atomic E-state index is -3.56. The average molecular weight is 296 g/mol. The Kier molecular flexibility index (Phi) is 6.52. The van der Waals surface area contributed by atoms with Gasteiger partial charge in [-0.3, -0.25) is 4.72 Å². The third-order valence-corrected chi connectivity index (χ3v) is 3.32. The predicted molar refractivity (Wildman–Crippen MR) is 80.4 cm³/mol. The molecule has 1 aromatic carbocycles. The van der Waals surface area contributed by atoms with Gasteiger partial charge < -0.3 is 5.11 Å². The van der Waals surface area contributed by atoms with E-state index in [1.54, 1.807) is 24.3 Å². The molecule has 6 heteroatoms. The Labute approximate surface area is 120 Å². The molecule has 0 atom stereocenters. The monoisotopic (exact) mass is 296 g/mol. The molecule has 0 saturated carbocycles. The summed E-state index contributed by atoms with van der Waals surface area (Å²) in [4.78, 5) is 0. The highest BCUT2D eigenvalue weighted by Gasteiger charge is 2.09. The minimum absolute atomic E-state index is 0.0123. The molecule has 110 valence electrons. The number of rotatable bonds is 6. The van der Waals surface area contributed by atoms with Crippen LogP contribution in [0.2, 0.25) is 0 Å². The molecule has 0 aliphatic carbocycles. The maximum atomic E-state index is 11.8. The van der Waals surface area contributed by atoms with Gasteiger partial charge in [0.2, 0.25) is 0 Å². The first-order valence-electron chi connectivity index (χ1n) is 6.40. The summed E-state index contributed by atoms with van der Waals surface area (Å²) in [5.74, 6) is 5.88. The Hall–Kier alpha value is -1.55. The lowest BCUT2D eigenvalue weighted by molar-refractivity contribution is 0.305. The molecule has 0 aliphatic heterocycles. The fourth-order valence-electron chi connectivity index (χ4n) is 1.35. The lowest BCUT2D eigenvalue weighted by Crippen LogP contribution is -2.32. The molecule has 0 unspecified atom stereocenters. The second kappa shape index (κ2) is 7.90. The van der Waals surface area contributed by atoms with Gasteiger partial charge in [-0.25, -0.2) is 0 Å². The van der Waals surface area contributed by atoms with Crippen molar-refractivity contribution in [2.75, 3.05) is 17.9 Å². The maximum absolute atomic E-state index is 11.8. The number of hydrogen-bond donors (Lipinski definition) is 3. The van der Waals surface area contributed by atoms with Gasteiger partial charge in [0, 0.05) is 18.5 Å². The van der Waals surface area contributed by atoms with Crippen LogP contribution in [0.4, 0.5) is 5.69 Å². The molecular formula is C14H20N2O3S. The van der Waals surface area contributed by atoms with Gasteiger partial charge in [0.15, 0.2) is 0 Å². The van der Waals surface area contributed by atoms with E-state index >= 15 is 0 Å². The molecule has 0 radical (unpaired) electrons. The summed E-state index contributed by atoms with van der Waals surface area (Å²) in [5, 5.41) is 8.65. The van der Waals surface area contributed by atoms with Gasteiger partial charge in [0.05, 0.1) is 12.3 Å². The molecule has 0 amide bonds. The molecule has 1 rings (SSSR count). The molecule has 0 bridgehead atoms. The van der Waals surface area contributed by atoms with Gasteiger partial charge in [0.25, 0.3) is 10.2 Å². The van der Waals surface area contributed by atoms with E-state index in [4.69, 9.17) is 5.11 Å². The number of nitrogens with one attached hydrogen (secondary N) is 2. The summed E-state index contributed by atoms with van der Waals surface area (Å²) in [5.41, 5.74) is 1.15. The van der Waals surface area contributed by atoms with Crippen molar-refractivity contribution < 1.29 is 13.5 Å². The van der Waals surface area contributed by atoms with Gasteiger partial charge in [-0.1, -0.05) is 31.8 Å². The molecule has 1 aromatic rings. The van der Waals surface area contributed by atoms with Crippen LogP contribution in [-0.4, -0.2) is 26.7 Å². The lowest BCUT2D eigenvalue weighted by atomic mass is 10.2.